The van der Waals surface area contributed by atoms with Crippen LogP contribution in [0.3, 0.4) is 0 Å². The van der Waals surface area contributed by atoms with Gasteiger partial charge in [0.2, 0.25) is 0 Å². The molecule has 0 heterocycles. The summed E-state index contributed by atoms with van der Waals surface area (Å²) in [5.74, 6) is 0.0269. The van der Waals surface area contributed by atoms with Crippen LogP contribution in [0.5, 0.6) is 0 Å². The second-order valence-corrected chi connectivity index (χ2v) is 6.07. The van der Waals surface area contributed by atoms with Crippen LogP contribution in [0, 0.1) is 11.7 Å². The van der Waals surface area contributed by atoms with Gasteiger partial charge in [-0.3, -0.25) is 0 Å². The first-order valence-corrected chi connectivity index (χ1v) is 7.35. The molecule has 2 N–H and O–H groups in total. The molecule has 0 aliphatic heterocycles. The van der Waals surface area contributed by atoms with E-state index in [1.807, 2.05) is 6.92 Å². The van der Waals surface area contributed by atoms with E-state index in [4.69, 9.17) is 23.2 Å². The van der Waals surface area contributed by atoms with Gasteiger partial charge in [-0.15, -0.1) is 0 Å². The standard InChI is InChI=1S/C14H17Cl2FN2O/c1-7(9-3-4-9)18-14(20)19-8(2)10-5-13(17)12(16)6-11(10)15/h5-9H,3-4H2,1-2H3,(H2,18,19,20). The fourth-order valence-corrected chi connectivity index (χ4v) is 2.65. The number of rotatable bonds is 4. The maximum absolute atomic E-state index is 13.5. The van der Waals surface area contributed by atoms with Crippen molar-refractivity contribution in [3.63, 3.8) is 0 Å². The van der Waals surface area contributed by atoms with Gasteiger partial charge in [0.05, 0.1) is 11.1 Å². The molecule has 0 bridgehead atoms. The van der Waals surface area contributed by atoms with Gasteiger partial charge in [0.15, 0.2) is 0 Å². The topological polar surface area (TPSA) is 41.1 Å². The molecular weight excluding hydrogens is 302 g/mol. The van der Waals surface area contributed by atoms with Gasteiger partial charge in [0.25, 0.3) is 0 Å². The average molecular weight is 319 g/mol. The van der Waals surface area contributed by atoms with E-state index in [1.165, 1.54) is 12.1 Å². The molecule has 0 spiro atoms. The van der Waals surface area contributed by atoms with E-state index in [-0.39, 0.29) is 17.1 Å². The minimum Gasteiger partial charge on any atom is -0.335 e. The van der Waals surface area contributed by atoms with Crippen LogP contribution in [-0.2, 0) is 0 Å². The molecule has 1 fully saturated rings. The third-order valence-corrected chi connectivity index (χ3v) is 4.16. The van der Waals surface area contributed by atoms with Crippen molar-refractivity contribution in [3.8, 4) is 0 Å². The minimum atomic E-state index is -0.550. The van der Waals surface area contributed by atoms with Crippen molar-refractivity contribution < 1.29 is 9.18 Å². The SMILES string of the molecule is CC(NC(=O)NC(C)C1CC1)c1cc(F)c(Cl)cc1Cl. The van der Waals surface area contributed by atoms with Crippen LogP contribution in [0.25, 0.3) is 0 Å². The average Bonchev–Trinajstić information content (AvgIpc) is 3.17. The molecule has 1 aliphatic carbocycles. The largest absolute Gasteiger partial charge is 0.335 e. The molecule has 2 amide bonds. The van der Waals surface area contributed by atoms with E-state index in [0.29, 0.717) is 16.5 Å². The molecule has 2 unspecified atom stereocenters. The molecule has 2 rings (SSSR count). The zero-order valence-electron chi connectivity index (χ0n) is 11.3. The summed E-state index contributed by atoms with van der Waals surface area (Å²) in [7, 11) is 0. The quantitative estimate of drug-likeness (QED) is 0.799. The molecule has 1 aliphatic rings. The summed E-state index contributed by atoms with van der Waals surface area (Å²) in [6.45, 7) is 3.73. The van der Waals surface area contributed by atoms with Crippen LogP contribution >= 0.6 is 23.2 Å². The minimum absolute atomic E-state index is 0.0299. The van der Waals surface area contributed by atoms with Crippen LogP contribution < -0.4 is 10.6 Å². The summed E-state index contributed by atoms with van der Waals surface area (Å²) < 4.78 is 13.5. The van der Waals surface area contributed by atoms with E-state index < -0.39 is 11.9 Å². The van der Waals surface area contributed by atoms with Crippen molar-refractivity contribution in [2.75, 3.05) is 0 Å². The van der Waals surface area contributed by atoms with Gasteiger partial charge in [0, 0.05) is 11.1 Å². The molecule has 3 nitrogen and oxygen atoms in total. The number of carbonyl (C=O) groups is 1. The molecule has 110 valence electrons. The van der Waals surface area contributed by atoms with Gasteiger partial charge in [0.1, 0.15) is 5.82 Å². The van der Waals surface area contributed by atoms with E-state index in [2.05, 4.69) is 10.6 Å². The zero-order chi connectivity index (χ0) is 14.9. The van der Waals surface area contributed by atoms with Crippen molar-refractivity contribution in [2.45, 2.75) is 38.8 Å². The Morgan fingerprint density at radius 1 is 1.25 bits per heavy atom. The van der Waals surface area contributed by atoms with Crippen molar-refractivity contribution >= 4 is 29.2 Å². The van der Waals surface area contributed by atoms with E-state index in [9.17, 15) is 9.18 Å². The molecule has 0 radical (unpaired) electrons. The number of benzene rings is 1. The van der Waals surface area contributed by atoms with Gasteiger partial charge in [-0.1, -0.05) is 23.2 Å². The number of urea groups is 1. The van der Waals surface area contributed by atoms with E-state index in [0.717, 1.165) is 12.8 Å². The lowest BCUT2D eigenvalue weighted by atomic mass is 10.1. The highest BCUT2D eigenvalue weighted by molar-refractivity contribution is 6.35. The Kier molecular flexibility index (Phi) is 4.76. The third kappa shape index (κ3) is 3.76. The first kappa shape index (κ1) is 15.4. The van der Waals surface area contributed by atoms with Crippen LogP contribution in [0.2, 0.25) is 10.0 Å². The van der Waals surface area contributed by atoms with Gasteiger partial charge >= 0.3 is 6.03 Å². The molecule has 0 saturated heterocycles. The second-order valence-electron chi connectivity index (χ2n) is 5.25. The molecule has 2 atom stereocenters. The number of halogens is 3. The van der Waals surface area contributed by atoms with Gasteiger partial charge in [-0.05, 0) is 50.3 Å². The molecule has 6 heteroatoms. The van der Waals surface area contributed by atoms with Crippen molar-refractivity contribution in [3.05, 3.63) is 33.6 Å². The maximum atomic E-state index is 13.5. The highest BCUT2D eigenvalue weighted by Crippen LogP contribution is 2.32. The number of hydrogen-bond donors (Lipinski definition) is 2. The van der Waals surface area contributed by atoms with Gasteiger partial charge in [-0.2, -0.15) is 0 Å². The molecule has 0 aromatic heterocycles. The summed E-state index contributed by atoms with van der Waals surface area (Å²) in [5, 5.41) is 5.93. The highest BCUT2D eigenvalue weighted by atomic mass is 35.5. The molecule has 20 heavy (non-hydrogen) atoms. The van der Waals surface area contributed by atoms with E-state index in [1.54, 1.807) is 6.92 Å². The summed E-state index contributed by atoms with van der Waals surface area (Å²) in [5.41, 5.74) is 0.503. The van der Waals surface area contributed by atoms with E-state index >= 15 is 0 Å². The smallest absolute Gasteiger partial charge is 0.315 e. The molecule has 1 aromatic carbocycles. The van der Waals surface area contributed by atoms with Crippen LogP contribution in [-0.4, -0.2) is 12.1 Å². The highest BCUT2D eigenvalue weighted by Gasteiger charge is 2.29. The lowest BCUT2D eigenvalue weighted by molar-refractivity contribution is 0.233. The van der Waals surface area contributed by atoms with Gasteiger partial charge in [-0.25, -0.2) is 9.18 Å². The number of nitrogens with one attached hydrogen (secondary N) is 2. The fourth-order valence-electron chi connectivity index (χ4n) is 2.11. The molecule has 1 saturated carbocycles. The normalized spacial score (nSPS) is 17.4. The number of amides is 2. The third-order valence-electron chi connectivity index (χ3n) is 3.54. The first-order chi connectivity index (χ1) is 9.38. The molecule has 1 aromatic rings. The van der Waals surface area contributed by atoms with Crippen molar-refractivity contribution in [1.82, 2.24) is 10.6 Å². The summed E-state index contributed by atoms with van der Waals surface area (Å²) in [6, 6.07) is 2.07. The van der Waals surface area contributed by atoms with Crippen LogP contribution in [0.4, 0.5) is 9.18 Å². The Balaban J connectivity index is 1.98. The van der Waals surface area contributed by atoms with Crippen LogP contribution in [0.1, 0.15) is 38.3 Å². The van der Waals surface area contributed by atoms with Crippen molar-refractivity contribution in [2.24, 2.45) is 5.92 Å². The Labute approximate surface area is 127 Å². The summed E-state index contributed by atoms with van der Waals surface area (Å²) in [6.07, 6.45) is 2.32. The molecular formula is C14H17Cl2FN2O. The Morgan fingerprint density at radius 2 is 1.90 bits per heavy atom. The summed E-state index contributed by atoms with van der Waals surface area (Å²) in [4.78, 5) is 11.8. The zero-order valence-corrected chi connectivity index (χ0v) is 12.9. The Morgan fingerprint density at radius 3 is 2.50 bits per heavy atom. The predicted octanol–water partition coefficient (Wildman–Crippen LogP) is 4.29. The lowest BCUT2D eigenvalue weighted by Crippen LogP contribution is -2.42. The summed E-state index contributed by atoms with van der Waals surface area (Å²) >= 11 is 11.7. The number of hydrogen-bond acceptors (Lipinski definition) is 1. The maximum Gasteiger partial charge on any atom is 0.315 e. The lowest BCUT2D eigenvalue weighted by Gasteiger charge is -2.19. The van der Waals surface area contributed by atoms with Crippen molar-refractivity contribution in [1.29, 1.82) is 0 Å². The van der Waals surface area contributed by atoms with Crippen LogP contribution in [0.15, 0.2) is 12.1 Å². The first-order valence-electron chi connectivity index (χ1n) is 6.60. The second kappa shape index (κ2) is 6.19. The Hall–Kier alpha value is -1.00. The fraction of sp³-hybridized carbons (Fsp3) is 0.500. The Bertz CT molecular complexity index is 520. The predicted molar refractivity (Wildman–Crippen MR) is 78.7 cm³/mol. The number of carbonyl (C=O) groups excluding carboxylic acids is 1. The monoisotopic (exact) mass is 318 g/mol. The van der Waals surface area contributed by atoms with Gasteiger partial charge < -0.3 is 10.6 Å².